The summed E-state index contributed by atoms with van der Waals surface area (Å²) in [6.07, 6.45) is 0. The van der Waals surface area contributed by atoms with Gasteiger partial charge in [-0.3, -0.25) is 0 Å². The standard InChI is InChI=1S/C16H19NOS/c1-3-18-15-7-5-4-6-13(15)11-19-16-10-12(2)8-9-14(16)17/h4-10H,3,11,17H2,1-2H3. The van der Waals surface area contributed by atoms with Crippen LogP contribution >= 0.6 is 11.8 Å². The van der Waals surface area contributed by atoms with E-state index in [1.807, 2.05) is 37.3 Å². The molecule has 19 heavy (non-hydrogen) atoms. The molecule has 0 spiro atoms. The summed E-state index contributed by atoms with van der Waals surface area (Å²) < 4.78 is 5.63. The van der Waals surface area contributed by atoms with Crippen molar-refractivity contribution in [3.8, 4) is 5.75 Å². The van der Waals surface area contributed by atoms with Crippen molar-refractivity contribution in [2.75, 3.05) is 12.3 Å². The van der Waals surface area contributed by atoms with E-state index in [0.717, 1.165) is 22.1 Å². The summed E-state index contributed by atoms with van der Waals surface area (Å²) in [5.41, 5.74) is 9.27. The highest BCUT2D eigenvalue weighted by molar-refractivity contribution is 7.98. The SMILES string of the molecule is CCOc1ccccc1CSc1cc(C)ccc1N. The van der Waals surface area contributed by atoms with Crippen molar-refractivity contribution in [1.82, 2.24) is 0 Å². The lowest BCUT2D eigenvalue weighted by Crippen LogP contribution is -1.96. The van der Waals surface area contributed by atoms with Crippen molar-refractivity contribution in [3.05, 3.63) is 53.6 Å². The number of ether oxygens (including phenoxy) is 1. The molecule has 2 rings (SSSR count). The number of thioether (sulfide) groups is 1. The summed E-state index contributed by atoms with van der Waals surface area (Å²) in [4.78, 5) is 1.13. The van der Waals surface area contributed by atoms with Crippen LogP contribution in [0.5, 0.6) is 5.75 Å². The number of hydrogen-bond acceptors (Lipinski definition) is 3. The number of aryl methyl sites for hydroxylation is 1. The first-order valence-electron chi connectivity index (χ1n) is 6.40. The first kappa shape index (κ1) is 13.8. The molecule has 0 aromatic heterocycles. The first-order chi connectivity index (χ1) is 9.20. The third-order valence-electron chi connectivity index (χ3n) is 2.82. The largest absolute Gasteiger partial charge is 0.494 e. The molecule has 0 aliphatic carbocycles. The zero-order valence-electron chi connectivity index (χ0n) is 11.3. The van der Waals surface area contributed by atoms with Gasteiger partial charge in [-0.15, -0.1) is 11.8 Å². The van der Waals surface area contributed by atoms with E-state index in [2.05, 4.69) is 19.1 Å². The molecule has 0 saturated heterocycles. The van der Waals surface area contributed by atoms with Crippen molar-refractivity contribution in [2.24, 2.45) is 0 Å². The Bertz CT molecular complexity index is 554. The minimum atomic E-state index is 0.689. The maximum absolute atomic E-state index is 6.00. The molecule has 2 aromatic carbocycles. The molecule has 0 fully saturated rings. The van der Waals surface area contributed by atoms with Crippen LogP contribution in [0.25, 0.3) is 0 Å². The molecular weight excluding hydrogens is 254 g/mol. The third-order valence-corrected chi connectivity index (χ3v) is 3.94. The van der Waals surface area contributed by atoms with Crippen LogP contribution in [0.15, 0.2) is 47.4 Å². The van der Waals surface area contributed by atoms with Crippen LogP contribution < -0.4 is 10.5 Å². The molecule has 100 valence electrons. The summed E-state index contributed by atoms with van der Waals surface area (Å²) in [5, 5.41) is 0. The van der Waals surface area contributed by atoms with E-state index in [0.29, 0.717) is 6.61 Å². The highest BCUT2D eigenvalue weighted by atomic mass is 32.2. The molecular formula is C16H19NOS. The van der Waals surface area contributed by atoms with Gasteiger partial charge in [-0.2, -0.15) is 0 Å². The number of hydrogen-bond donors (Lipinski definition) is 1. The van der Waals surface area contributed by atoms with E-state index in [-0.39, 0.29) is 0 Å². The molecule has 0 bridgehead atoms. The van der Waals surface area contributed by atoms with Crippen LogP contribution in [0, 0.1) is 6.92 Å². The van der Waals surface area contributed by atoms with Gasteiger partial charge in [0.15, 0.2) is 0 Å². The fourth-order valence-electron chi connectivity index (χ4n) is 1.84. The van der Waals surface area contributed by atoms with Gasteiger partial charge in [0.1, 0.15) is 5.75 Å². The predicted molar refractivity (Wildman–Crippen MR) is 82.8 cm³/mol. The molecule has 0 heterocycles. The van der Waals surface area contributed by atoms with Gasteiger partial charge in [-0.1, -0.05) is 24.3 Å². The number of anilines is 1. The topological polar surface area (TPSA) is 35.2 Å². The predicted octanol–water partition coefficient (Wildman–Crippen LogP) is 4.27. The highest BCUT2D eigenvalue weighted by Crippen LogP contribution is 2.31. The van der Waals surface area contributed by atoms with Crippen LogP contribution in [0.2, 0.25) is 0 Å². The normalized spacial score (nSPS) is 10.4. The molecule has 3 heteroatoms. The van der Waals surface area contributed by atoms with Crippen molar-refractivity contribution in [3.63, 3.8) is 0 Å². The third kappa shape index (κ3) is 3.67. The lowest BCUT2D eigenvalue weighted by Gasteiger charge is -2.11. The average Bonchev–Trinajstić information content (AvgIpc) is 2.42. The Balaban J connectivity index is 2.12. The lowest BCUT2D eigenvalue weighted by molar-refractivity contribution is 0.337. The molecule has 0 unspecified atom stereocenters. The lowest BCUT2D eigenvalue weighted by atomic mass is 10.2. The fourth-order valence-corrected chi connectivity index (χ4v) is 2.89. The summed E-state index contributed by atoms with van der Waals surface area (Å²) in [6, 6.07) is 14.3. The molecule has 0 amide bonds. The molecule has 2 nitrogen and oxygen atoms in total. The molecule has 0 saturated carbocycles. The average molecular weight is 273 g/mol. The first-order valence-corrected chi connectivity index (χ1v) is 7.39. The Labute approximate surface area is 119 Å². The maximum atomic E-state index is 6.00. The number of nitrogens with two attached hydrogens (primary N) is 1. The molecule has 0 aliphatic rings. The van der Waals surface area contributed by atoms with Crippen LogP contribution in [-0.2, 0) is 5.75 Å². The number of para-hydroxylation sites is 1. The second kappa shape index (κ2) is 6.53. The van der Waals surface area contributed by atoms with Crippen LogP contribution in [0.4, 0.5) is 5.69 Å². The zero-order valence-corrected chi connectivity index (χ0v) is 12.2. The van der Waals surface area contributed by atoms with Gasteiger partial charge >= 0.3 is 0 Å². The van der Waals surface area contributed by atoms with Gasteiger partial charge in [0, 0.05) is 21.9 Å². The van der Waals surface area contributed by atoms with E-state index in [9.17, 15) is 0 Å². The van der Waals surface area contributed by atoms with Gasteiger partial charge in [0.2, 0.25) is 0 Å². The molecule has 2 N–H and O–H groups in total. The summed E-state index contributed by atoms with van der Waals surface area (Å²) in [6.45, 7) is 4.77. The Kier molecular flexibility index (Phi) is 4.74. The highest BCUT2D eigenvalue weighted by Gasteiger charge is 2.05. The van der Waals surface area contributed by atoms with Crippen molar-refractivity contribution in [2.45, 2.75) is 24.5 Å². The second-order valence-electron chi connectivity index (χ2n) is 4.37. The van der Waals surface area contributed by atoms with Gasteiger partial charge in [-0.25, -0.2) is 0 Å². The van der Waals surface area contributed by atoms with Crippen LogP contribution in [-0.4, -0.2) is 6.61 Å². The Morgan fingerprint density at radius 1 is 1.16 bits per heavy atom. The fraction of sp³-hybridized carbons (Fsp3) is 0.250. The summed E-state index contributed by atoms with van der Waals surface area (Å²) >= 11 is 1.75. The van der Waals surface area contributed by atoms with Crippen molar-refractivity contribution < 1.29 is 4.74 Å². The van der Waals surface area contributed by atoms with E-state index >= 15 is 0 Å². The second-order valence-corrected chi connectivity index (χ2v) is 5.39. The molecule has 0 atom stereocenters. The van der Waals surface area contributed by atoms with Gasteiger partial charge < -0.3 is 10.5 Å². The summed E-state index contributed by atoms with van der Waals surface area (Å²) in [5.74, 6) is 1.83. The van der Waals surface area contributed by atoms with Crippen LogP contribution in [0.1, 0.15) is 18.1 Å². The Morgan fingerprint density at radius 2 is 1.95 bits per heavy atom. The van der Waals surface area contributed by atoms with E-state index < -0.39 is 0 Å². The summed E-state index contributed by atoms with van der Waals surface area (Å²) in [7, 11) is 0. The van der Waals surface area contributed by atoms with E-state index in [1.165, 1.54) is 11.1 Å². The van der Waals surface area contributed by atoms with Crippen molar-refractivity contribution >= 4 is 17.4 Å². The number of nitrogen functional groups attached to an aromatic ring is 1. The number of rotatable bonds is 5. The quantitative estimate of drug-likeness (QED) is 0.652. The van der Waals surface area contributed by atoms with E-state index in [4.69, 9.17) is 10.5 Å². The molecule has 2 aromatic rings. The Morgan fingerprint density at radius 3 is 2.74 bits per heavy atom. The van der Waals surface area contributed by atoms with Crippen LogP contribution in [0.3, 0.4) is 0 Å². The molecule has 0 aliphatic heterocycles. The smallest absolute Gasteiger partial charge is 0.123 e. The van der Waals surface area contributed by atoms with Gasteiger partial charge in [0.25, 0.3) is 0 Å². The maximum Gasteiger partial charge on any atom is 0.123 e. The minimum Gasteiger partial charge on any atom is -0.494 e. The monoisotopic (exact) mass is 273 g/mol. The van der Waals surface area contributed by atoms with Gasteiger partial charge in [-0.05, 0) is 37.6 Å². The minimum absolute atomic E-state index is 0.689. The zero-order chi connectivity index (χ0) is 13.7. The Hall–Kier alpha value is -1.61. The van der Waals surface area contributed by atoms with Crippen molar-refractivity contribution in [1.29, 1.82) is 0 Å². The molecule has 0 radical (unpaired) electrons. The van der Waals surface area contributed by atoms with E-state index in [1.54, 1.807) is 11.8 Å². The number of benzene rings is 2. The van der Waals surface area contributed by atoms with Gasteiger partial charge in [0.05, 0.1) is 6.61 Å².